The lowest BCUT2D eigenvalue weighted by Gasteiger charge is -2.40. The first kappa shape index (κ1) is 52.6. The molecule has 3 fully saturated rings. The van der Waals surface area contributed by atoms with Gasteiger partial charge in [-0.3, -0.25) is 19.4 Å². The number of rotatable bonds is 10. The van der Waals surface area contributed by atoms with E-state index in [-0.39, 0.29) is 17.9 Å². The van der Waals surface area contributed by atoms with E-state index in [1.807, 2.05) is 78.2 Å². The molecule has 5 heterocycles. The molecule has 11 rings (SSSR count). The fraction of sp³-hybridized carbons (Fsp3) is 0.348. The highest BCUT2D eigenvalue weighted by Crippen LogP contribution is 2.35. The van der Waals surface area contributed by atoms with Gasteiger partial charge in [0, 0.05) is 132 Å². The number of benzene rings is 6. The molecule has 2 amide bonds. The summed E-state index contributed by atoms with van der Waals surface area (Å²) in [6.07, 6.45) is 0.998. The molecule has 0 aliphatic carbocycles. The van der Waals surface area contributed by atoms with Crippen molar-refractivity contribution in [3.05, 3.63) is 182 Å². The number of aromatic nitrogens is 1. The Balaban J connectivity index is 0.719. The summed E-state index contributed by atoms with van der Waals surface area (Å²) < 4.78 is 2.34. The summed E-state index contributed by atoms with van der Waals surface area (Å²) in [4.78, 5) is 44.5. The number of aryl methyl sites for hydroxylation is 4. The topological polar surface area (TPSA) is 133 Å². The Kier molecular flexibility index (Phi) is 15.0. The largest absolute Gasteiger partial charge is 0.369 e. The number of amides is 2. The van der Waals surface area contributed by atoms with Crippen LogP contribution in [-0.2, 0) is 19.6 Å². The van der Waals surface area contributed by atoms with Crippen molar-refractivity contribution in [2.45, 2.75) is 66.7 Å². The maximum Gasteiger partial charge on any atom is 0.254 e. The van der Waals surface area contributed by atoms with Crippen LogP contribution in [0, 0.1) is 61.7 Å². The van der Waals surface area contributed by atoms with Crippen molar-refractivity contribution in [2.24, 2.45) is 0 Å². The van der Waals surface area contributed by atoms with Crippen LogP contribution in [0.4, 0.5) is 17.1 Å². The lowest BCUT2D eigenvalue weighted by Crippen LogP contribution is -2.49. The molecular formula is C66H69N11O2. The number of fused-ring (bicyclic) bond motifs is 3. The maximum absolute atomic E-state index is 14.4. The minimum atomic E-state index is 0.0471. The zero-order valence-electron chi connectivity index (χ0n) is 46.3. The number of nitriles is 3. The van der Waals surface area contributed by atoms with Crippen LogP contribution in [0.3, 0.4) is 0 Å². The Morgan fingerprint density at radius 1 is 0.506 bits per heavy atom. The Hall–Kier alpha value is -8.41. The zero-order chi connectivity index (χ0) is 54.9. The number of para-hydroxylation sites is 2. The van der Waals surface area contributed by atoms with Gasteiger partial charge in [0.2, 0.25) is 0 Å². The molecular weight excluding hydrogens is 979 g/mol. The van der Waals surface area contributed by atoms with Crippen molar-refractivity contribution in [3.63, 3.8) is 0 Å². The predicted molar refractivity (Wildman–Crippen MR) is 313 cm³/mol. The number of hydrogen-bond donors (Lipinski definition) is 0. The predicted octanol–water partition coefficient (Wildman–Crippen LogP) is 10.4. The molecule has 1 atom stereocenters. The first-order valence-corrected chi connectivity index (χ1v) is 28.1. The average Bonchev–Trinajstić information content (AvgIpc) is 3.84. The van der Waals surface area contributed by atoms with Crippen LogP contribution < -0.4 is 14.7 Å². The van der Waals surface area contributed by atoms with Gasteiger partial charge in [-0.05, 0) is 152 Å². The van der Waals surface area contributed by atoms with Crippen LogP contribution in [0.5, 0.6) is 0 Å². The smallest absolute Gasteiger partial charge is 0.254 e. The first-order valence-electron chi connectivity index (χ1n) is 28.1. The van der Waals surface area contributed by atoms with Crippen LogP contribution in [0.15, 0.2) is 115 Å². The van der Waals surface area contributed by atoms with Gasteiger partial charge < -0.3 is 29.1 Å². The molecule has 13 nitrogen and oxygen atoms in total. The van der Waals surface area contributed by atoms with Crippen LogP contribution in [0.2, 0.25) is 0 Å². The summed E-state index contributed by atoms with van der Waals surface area (Å²) in [5.41, 5.74) is 17.4. The van der Waals surface area contributed by atoms with Crippen LogP contribution in [0.1, 0.15) is 95.9 Å². The molecule has 400 valence electrons. The molecule has 13 heteroatoms. The highest BCUT2D eigenvalue weighted by molar-refractivity contribution is 5.97. The maximum atomic E-state index is 14.4. The van der Waals surface area contributed by atoms with E-state index in [9.17, 15) is 25.4 Å². The van der Waals surface area contributed by atoms with E-state index in [4.69, 9.17) is 0 Å². The quantitative estimate of drug-likeness (QED) is 0.130. The molecule has 0 radical (unpaired) electrons. The fourth-order valence-corrected chi connectivity index (χ4v) is 12.8. The summed E-state index contributed by atoms with van der Waals surface area (Å²) in [7, 11) is 0. The van der Waals surface area contributed by atoms with E-state index in [0.717, 1.165) is 132 Å². The van der Waals surface area contributed by atoms with E-state index in [1.165, 1.54) is 22.3 Å². The van der Waals surface area contributed by atoms with Crippen molar-refractivity contribution in [2.75, 3.05) is 99.8 Å². The van der Waals surface area contributed by atoms with E-state index >= 15 is 0 Å². The number of piperazine rings is 2. The van der Waals surface area contributed by atoms with Crippen molar-refractivity contribution >= 4 is 39.8 Å². The molecule has 7 aromatic rings. The Morgan fingerprint density at radius 2 is 1.06 bits per heavy atom. The Bertz CT molecular complexity index is 3620. The summed E-state index contributed by atoms with van der Waals surface area (Å²) in [5, 5.41) is 31.0. The number of hydrogen-bond acceptors (Lipinski definition) is 10. The van der Waals surface area contributed by atoms with E-state index in [0.29, 0.717) is 62.5 Å². The number of anilines is 3. The van der Waals surface area contributed by atoms with Gasteiger partial charge in [0.05, 0.1) is 40.3 Å². The second-order valence-corrected chi connectivity index (χ2v) is 22.1. The van der Waals surface area contributed by atoms with Crippen molar-refractivity contribution in [3.8, 4) is 29.3 Å². The summed E-state index contributed by atoms with van der Waals surface area (Å²) in [5.74, 6) is 0.109. The highest BCUT2D eigenvalue weighted by Gasteiger charge is 2.30. The van der Waals surface area contributed by atoms with E-state index in [1.54, 1.807) is 0 Å². The van der Waals surface area contributed by atoms with Crippen LogP contribution in [0.25, 0.3) is 22.0 Å². The molecule has 4 aliphatic heterocycles. The summed E-state index contributed by atoms with van der Waals surface area (Å²) in [6, 6.07) is 46.4. The second-order valence-electron chi connectivity index (χ2n) is 22.1. The molecule has 3 saturated heterocycles. The average molecular weight is 1050 g/mol. The fourth-order valence-electron chi connectivity index (χ4n) is 12.8. The minimum absolute atomic E-state index is 0.0471. The van der Waals surface area contributed by atoms with Gasteiger partial charge >= 0.3 is 0 Å². The van der Waals surface area contributed by atoms with Crippen molar-refractivity contribution < 1.29 is 9.59 Å². The van der Waals surface area contributed by atoms with E-state index in [2.05, 4.69) is 129 Å². The molecule has 79 heavy (non-hydrogen) atoms. The molecule has 0 N–H and O–H groups in total. The second kappa shape index (κ2) is 22.5. The molecule has 0 spiro atoms. The lowest BCUT2D eigenvalue weighted by molar-refractivity contribution is 0.0710. The number of carbonyl (C=O) groups is 2. The Labute approximate surface area is 465 Å². The zero-order valence-corrected chi connectivity index (χ0v) is 46.3. The summed E-state index contributed by atoms with van der Waals surface area (Å²) >= 11 is 0. The monoisotopic (exact) mass is 1050 g/mol. The van der Waals surface area contributed by atoms with Gasteiger partial charge in [0.25, 0.3) is 11.8 Å². The van der Waals surface area contributed by atoms with Crippen LogP contribution >= 0.6 is 0 Å². The van der Waals surface area contributed by atoms with Gasteiger partial charge in [-0.25, -0.2) is 0 Å². The Morgan fingerprint density at radius 3 is 1.75 bits per heavy atom. The SMILES string of the molecule is Cc1cc(C)c(C(=O)N2CCn3c(cc4cc(-c5ccc(N6CCN(C(=O)c7cc([C@@H](C)N8CCN(c9ccccc9C#N)CC8)c(C)cc7C)CC6)c(C#N)c5)ccc43)C2)cc1CN1CCCN(c2ccccc2C#N)CC1. The molecule has 0 saturated carbocycles. The van der Waals surface area contributed by atoms with Gasteiger partial charge in [-0.15, -0.1) is 0 Å². The minimum Gasteiger partial charge on any atom is -0.369 e. The molecule has 0 bridgehead atoms. The van der Waals surface area contributed by atoms with Crippen molar-refractivity contribution in [1.82, 2.24) is 24.2 Å². The van der Waals surface area contributed by atoms with Gasteiger partial charge in [-0.2, -0.15) is 15.8 Å². The molecule has 4 aliphatic rings. The summed E-state index contributed by atoms with van der Waals surface area (Å²) in [6.45, 7) is 22.6. The number of carbonyl (C=O) groups excluding carboxylic acids is 2. The third-order valence-electron chi connectivity index (χ3n) is 17.4. The molecule has 0 unspecified atom stereocenters. The van der Waals surface area contributed by atoms with Gasteiger partial charge in [0.1, 0.15) is 18.2 Å². The first-order chi connectivity index (χ1) is 38.4. The normalized spacial score (nSPS) is 16.7. The van der Waals surface area contributed by atoms with Gasteiger partial charge in [-0.1, -0.05) is 48.5 Å². The van der Waals surface area contributed by atoms with Crippen LogP contribution in [-0.4, -0.2) is 121 Å². The number of nitrogens with zero attached hydrogens (tertiary/aromatic N) is 11. The third-order valence-corrected chi connectivity index (χ3v) is 17.4. The van der Waals surface area contributed by atoms with Crippen molar-refractivity contribution in [1.29, 1.82) is 15.8 Å². The lowest BCUT2D eigenvalue weighted by atomic mass is 9.94. The van der Waals surface area contributed by atoms with E-state index < -0.39 is 0 Å². The molecule has 1 aromatic heterocycles. The third kappa shape index (κ3) is 10.6. The van der Waals surface area contributed by atoms with Gasteiger partial charge in [0.15, 0.2) is 0 Å². The molecule has 6 aromatic carbocycles. The standard InChI is InChI=1S/C66H69N11O2/c1-45-33-47(3)59(38-56(45)43-70-19-10-20-72(22-21-70)61-13-8-6-11-52(61)40-67)66(79)76-31-32-77-57(44-76)37-54-35-50(16-18-64(54)77)51-15-17-63(55(36-51)42-69)74-27-29-75(30-28-74)65(78)60-39-58(46(2)34-48(60)4)49(5)71-23-25-73(26-24-71)62-14-9-7-12-53(62)41-68/h6-9,11-18,33-39,49H,10,19-32,43-44H2,1-5H3/t49-/m1/s1. The highest BCUT2D eigenvalue weighted by atomic mass is 16.2.